The number of piperidine rings is 1. The van der Waals surface area contributed by atoms with Gasteiger partial charge in [0, 0.05) is 13.1 Å². The molecule has 0 unspecified atom stereocenters. The Morgan fingerprint density at radius 2 is 1.86 bits per heavy atom. The summed E-state index contributed by atoms with van der Waals surface area (Å²) < 4.78 is 5.19. The molecule has 1 heterocycles. The van der Waals surface area contributed by atoms with E-state index in [0.717, 1.165) is 38.1 Å². The number of nitrogens with zero attached hydrogens (tertiary/aromatic N) is 1. The van der Waals surface area contributed by atoms with E-state index in [9.17, 15) is 4.79 Å². The third-order valence-electron chi connectivity index (χ3n) is 4.61. The first-order valence-corrected chi connectivity index (χ1v) is 8.18. The van der Waals surface area contributed by atoms with E-state index in [1.165, 1.54) is 5.56 Å². The smallest absolute Gasteiger partial charge is 0.239 e. The van der Waals surface area contributed by atoms with Crippen molar-refractivity contribution in [3.63, 3.8) is 0 Å². The van der Waals surface area contributed by atoms with E-state index in [1.807, 2.05) is 30.9 Å². The summed E-state index contributed by atoms with van der Waals surface area (Å²) in [5, 5.41) is 0. The van der Waals surface area contributed by atoms with Crippen LogP contribution in [0.1, 0.15) is 32.3 Å². The number of nitrogens with two attached hydrogens (primary N) is 1. The Morgan fingerprint density at radius 1 is 1.27 bits per heavy atom. The molecule has 2 rings (SSSR count). The minimum absolute atomic E-state index is 0.109. The number of amides is 1. The van der Waals surface area contributed by atoms with Gasteiger partial charge in [-0.1, -0.05) is 26.0 Å². The number of ether oxygens (including phenoxy) is 1. The zero-order valence-electron chi connectivity index (χ0n) is 13.9. The summed E-state index contributed by atoms with van der Waals surface area (Å²) in [4.78, 5) is 14.2. The number of methoxy groups -OCH3 is 1. The lowest BCUT2D eigenvalue weighted by Crippen LogP contribution is -2.49. The summed E-state index contributed by atoms with van der Waals surface area (Å²) in [5.74, 6) is 1.85. The summed E-state index contributed by atoms with van der Waals surface area (Å²) in [6, 6.07) is 7.92. The van der Waals surface area contributed by atoms with Crippen LogP contribution in [0.2, 0.25) is 0 Å². The molecule has 0 aliphatic carbocycles. The van der Waals surface area contributed by atoms with Gasteiger partial charge in [0.2, 0.25) is 5.91 Å². The zero-order chi connectivity index (χ0) is 16.1. The van der Waals surface area contributed by atoms with Crippen molar-refractivity contribution in [2.45, 2.75) is 39.2 Å². The number of hydrogen-bond donors (Lipinski definition) is 1. The summed E-state index contributed by atoms with van der Waals surface area (Å²) in [6.07, 6.45) is 3.19. The molecule has 0 aromatic heterocycles. The van der Waals surface area contributed by atoms with Gasteiger partial charge in [-0.25, -0.2) is 0 Å². The molecule has 22 heavy (non-hydrogen) atoms. The van der Waals surface area contributed by atoms with E-state index in [2.05, 4.69) is 12.1 Å². The molecule has 1 amide bonds. The van der Waals surface area contributed by atoms with Crippen molar-refractivity contribution in [2.24, 2.45) is 17.6 Å². The van der Waals surface area contributed by atoms with Crippen LogP contribution >= 0.6 is 0 Å². The first-order valence-electron chi connectivity index (χ1n) is 8.18. The van der Waals surface area contributed by atoms with Crippen molar-refractivity contribution >= 4 is 5.91 Å². The van der Waals surface area contributed by atoms with Crippen LogP contribution in [-0.2, 0) is 11.2 Å². The van der Waals surface area contributed by atoms with E-state index >= 15 is 0 Å². The van der Waals surface area contributed by atoms with Gasteiger partial charge in [-0.3, -0.25) is 4.79 Å². The quantitative estimate of drug-likeness (QED) is 0.909. The second-order valence-electron chi connectivity index (χ2n) is 6.59. The standard InChI is InChI=1S/C18H28N2O2/c1-13(2)17(19)18(21)20-10-8-15(9-11-20)12-14-4-6-16(22-3)7-5-14/h4-7,13,15,17H,8-12,19H2,1-3H3/t17-/m0/s1. The lowest BCUT2D eigenvalue weighted by atomic mass is 9.89. The Balaban J connectivity index is 1.82. The van der Waals surface area contributed by atoms with Crippen LogP contribution < -0.4 is 10.5 Å². The molecule has 1 aliphatic heterocycles. The van der Waals surface area contributed by atoms with Crippen molar-refractivity contribution in [2.75, 3.05) is 20.2 Å². The fourth-order valence-electron chi connectivity index (χ4n) is 2.95. The Labute approximate surface area is 133 Å². The predicted molar refractivity (Wildman–Crippen MR) is 88.8 cm³/mol. The predicted octanol–water partition coefficient (Wildman–Crippen LogP) is 2.46. The fourth-order valence-corrected chi connectivity index (χ4v) is 2.95. The highest BCUT2D eigenvalue weighted by atomic mass is 16.5. The van der Waals surface area contributed by atoms with E-state index in [0.29, 0.717) is 5.92 Å². The highest BCUT2D eigenvalue weighted by Crippen LogP contribution is 2.23. The topological polar surface area (TPSA) is 55.6 Å². The highest BCUT2D eigenvalue weighted by Gasteiger charge is 2.27. The molecule has 2 N–H and O–H groups in total. The largest absolute Gasteiger partial charge is 0.497 e. The molecule has 0 radical (unpaired) electrons. The third kappa shape index (κ3) is 4.23. The third-order valence-corrected chi connectivity index (χ3v) is 4.61. The lowest BCUT2D eigenvalue weighted by molar-refractivity contribution is -0.134. The van der Waals surface area contributed by atoms with Crippen LogP contribution in [0.3, 0.4) is 0 Å². The van der Waals surface area contributed by atoms with Gasteiger partial charge in [-0.2, -0.15) is 0 Å². The Hall–Kier alpha value is -1.55. The van der Waals surface area contributed by atoms with Crippen LogP contribution in [0.5, 0.6) is 5.75 Å². The van der Waals surface area contributed by atoms with Gasteiger partial charge < -0.3 is 15.4 Å². The highest BCUT2D eigenvalue weighted by molar-refractivity contribution is 5.82. The van der Waals surface area contributed by atoms with Crippen molar-refractivity contribution in [3.8, 4) is 5.75 Å². The van der Waals surface area contributed by atoms with E-state index in [4.69, 9.17) is 10.5 Å². The molecular formula is C18H28N2O2. The van der Waals surface area contributed by atoms with Gasteiger partial charge in [0.1, 0.15) is 5.75 Å². The van der Waals surface area contributed by atoms with Gasteiger partial charge in [0.25, 0.3) is 0 Å². The normalized spacial score (nSPS) is 17.6. The Morgan fingerprint density at radius 3 is 2.36 bits per heavy atom. The number of hydrogen-bond acceptors (Lipinski definition) is 3. The summed E-state index contributed by atoms with van der Waals surface area (Å²) in [5.41, 5.74) is 7.31. The monoisotopic (exact) mass is 304 g/mol. The first kappa shape index (κ1) is 16.8. The molecular weight excluding hydrogens is 276 g/mol. The minimum atomic E-state index is -0.363. The molecule has 1 aromatic carbocycles. The van der Waals surface area contributed by atoms with Crippen LogP contribution in [0, 0.1) is 11.8 Å². The fraction of sp³-hybridized carbons (Fsp3) is 0.611. The number of likely N-dealkylation sites (tertiary alicyclic amines) is 1. The molecule has 0 bridgehead atoms. The molecule has 4 heteroatoms. The second-order valence-corrected chi connectivity index (χ2v) is 6.59. The van der Waals surface area contributed by atoms with Gasteiger partial charge >= 0.3 is 0 Å². The molecule has 1 fully saturated rings. The molecule has 4 nitrogen and oxygen atoms in total. The molecule has 0 spiro atoms. The maximum absolute atomic E-state index is 12.3. The van der Waals surface area contributed by atoms with Crippen LogP contribution in [0.25, 0.3) is 0 Å². The number of rotatable bonds is 5. The van der Waals surface area contributed by atoms with Gasteiger partial charge in [-0.05, 0) is 48.8 Å². The van der Waals surface area contributed by atoms with Crippen molar-refractivity contribution in [3.05, 3.63) is 29.8 Å². The second kappa shape index (κ2) is 7.63. The minimum Gasteiger partial charge on any atom is -0.497 e. The number of benzene rings is 1. The maximum Gasteiger partial charge on any atom is 0.239 e. The van der Waals surface area contributed by atoms with Crippen molar-refractivity contribution < 1.29 is 9.53 Å². The molecule has 1 saturated heterocycles. The van der Waals surface area contributed by atoms with Crippen molar-refractivity contribution in [1.82, 2.24) is 4.90 Å². The van der Waals surface area contributed by atoms with Crippen LogP contribution in [-0.4, -0.2) is 37.0 Å². The van der Waals surface area contributed by atoms with E-state index in [1.54, 1.807) is 7.11 Å². The molecule has 1 aromatic rings. The Bertz CT molecular complexity index is 476. The average molecular weight is 304 g/mol. The van der Waals surface area contributed by atoms with Crippen LogP contribution in [0.4, 0.5) is 0 Å². The molecule has 1 atom stereocenters. The zero-order valence-corrected chi connectivity index (χ0v) is 13.9. The van der Waals surface area contributed by atoms with E-state index < -0.39 is 0 Å². The molecule has 1 aliphatic rings. The van der Waals surface area contributed by atoms with Crippen LogP contribution in [0.15, 0.2) is 24.3 Å². The first-order chi connectivity index (χ1) is 10.5. The summed E-state index contributed by atoms with van der Waals surface area (Å²) >= 11 is 0. The number of carbonyl (C=O) groups excluding carboxylic acids is 1. The van der Waals surface area contributed by atoms with Crippen molar-refractivity contribution in [1.29, 1.82) is 0 Å². The lowest BCUT2D eigenvalue weighted by Gasteiger charge is -2.34. The summed E-state index contributed by atoms with van der Waals surface area (Å²) in [6.45, 7) is 5.66. The van der Waals surface area contributed by atoms with Gasteiger partial charge in [0.05, 0.1) is 13.2 Å². The summed E-state index contributed by atoms with van der Waals surface area (Å²) in [7, 11) is 1.68. The Kier molecular flexibility index (Phi) is 5.83. The van der Waals surface area contributed by atoms with Gasteiger partial charge in [-0.15, -0.1) is 0 Å². The SMILES string of the molecule is COc1ccc(CC2CCN(C(=O)[C@@H](N)C(C)C)CC2)cc1. The average Bonchev–Trinajstić information content (AvgIpc) is 2.55. The van der Waals surface area contributed by atoms with Gasteiger partial charge in [0.15, 0.2) is 0 Å². The maximum atomic E-state index is 12.3. The molecule has 0 saturated carbocycles. The number of carbonyl (C=O) groups is 1. The molecule has 122 valence electrons. The van der Waals surface area contributed by atoms with E-state index in [-0.39, 0.29) is 17.9 Å².